The summed E-state index contributed by atoms with van der Waals surface area (Å²) in [5.74, 6) is 0.224. The minimum absolute atomic E-state index is 0.0983. The molecule has 0 saturated heterocycles. The van der Waals surface area contributed by atoms with E-state index >= 15 is 0 Å². The Bertz CT molecular complexity index is 511. The quantitative estimate of drug-likeness (QED) is 0.905. The zero-order chi connectivity index (χ0) is 13.4. The van der Waals surface area contributed by atoms with E-state index in [4.69, 9.17) is 17.3 Å². The first-order valence-electron chi connectivity index (χ1n) is 6.70. The summed E-state index contributed by atoms with van der Waals surface area (Å²) < 4.78 is 13.3. The molecular formula is C14H17ClFN3. The highest BCUT2D eigenvalue weighted by Gasteiger charge is 2.34. The molecule has 0 amide bonds. The summed E-state index contributed by atoms with van der Waals surface area (Å²) in [7, 11) is 0. The SMILES string of the molecule is NC1=NCC(c2ccc(F)c(Cl)c2)N1C1CCCC1. The van der Waals surface area contributed by atoms with Gasteiger partial charge in [-0.2, -0.15) is 0 Å². The molecule has 102 valence electrons. The fraction of sp³-hybridized carbons (Fsp3) is 0.500. The van der Waals surface area contributed by atoms with Crippen molar-refractivity contribution in [2.24, 2.45) is 10.7 Å². The first-order chi connectivity index (χ1) is 9.16. The molecule has 1 aliphatic carbocycles. The number of nitrogens with zero attached hydrogens (tertiary/aromatic N) is 2. The van der Waals surface area contributed by atoms with Crippen LogP contribution in [0.15, 0.2) is 23.2 Å². The van der Waals surface area contributed by atoms with Crippen molar-refractivity contribution in [1.29, 1.82) is 0 Å². The van der Waals surface area contributed by atoms with Gasteiger partial charge in [-0.05, 0) is 30.5 Å². The van der Waals surface area contributed by atoms with Crippen LogP contribution in [0.1, 0.15) is 37.3 Å². The highest BCUT2D eigenvalue weighted by molar-refractivity contribution is 6.30. The summed E-state index contributed by atoms with van der Waals surface area (Å²) in [5.41, 5.74) is 7.01. The maximum atomic E-state index is 13.3. The Labute approximate surface area is 117 Å². The molecule has 1 saturated carbocycles. The zero-order valence-corrected chi connectivity index (χ0v) is 11.4. The van der Waals surface area contributed by atoms with Crippen molar-refractivity contribution in [2.75, 3.05) is 6.54 Å². The average Bonchev–Trinajstić information content (AvgIpc) is 3.01. The number of halogens is 2. The lowest BCUT2D eigenvalue weighted by molar-refractivity contribution is 0.262. The van der Waals surface area contributed by atoms with Gasteiger partial charge >= 0.3 is 0 Å². The number of benzene rings is 1. The zero-order valence-electron chi connectivity index (χ0n) is 10.6. The molecule has 0 radical (unpaired) electrons. The van der Waals surface area contributed by atoms with Crippen molar-refractivity contribution in [2.45, 2.75) is 37.8 Å². The van der Waals surface area contributed by atoms with Gasteiger partial charge in [0, 0.05) is 6.04 Å². The van der Waals surface area contributed by atoms with Crippen molar-refractivity contribution in [1.82, 2.24) is 4.90 Å². The topological polar surface area (TPSA) is 41.6 Å². The molecule has 19 heavy (non-hydrogen) atoms. The molecule has 1 aliphatic heterocycles. The van der Waals surface area contributed by atoms with Gasteiger partial charge in [-0.15, -0.1) is 0 Å². The first kappa shape index (κ1) is 12.7. The van der Waals surface area contributed by atoms with Crippen LogP contribution in [0.5, 0.6) is 0 Å². The second kappa shape index (κ2) is 5.00. The van der Waals surface area contributed by atoms with Crippen molar-refractivity contribution in [3.63, 3.8) is 0 Å². The predicted octanol–water partition coefficient (Wildman–Crippen LogP) is 3.09. The van der Waals surface area contributed by atoms with E-state index in [-0.39, 0.29) is 16.9 Å². The average molecular weight is 282 g/mol. The van der Waals surface area contributed by atoms with Gasteiger partial charge in [0.05, 0.1) is 17.6 Å². The van der Waals surface area contributed by atoms with E-state index < -0.39 is 0 Å². The molecule has 1 aromatic rings. The van der Waals surface area contributed by atoms with E-state index in [9.17, 15) is 4.39 Å². The van der Waals surface area contributed by atoms with Gasteiger partial charge in [-0.25, -0.2) is 4.39 Å². The molecule has 5 heteroatoms. The van der Waals surface area contributed by atoms with E-state index in [0.29, 0.717) is 18.5 Å². The number of rotatable bonds is 2. The summed E-state index contributed by atoms with van der Waals surface area (Å²) in [6.07, 6.45) is 4.79. The van der Waals surface area contributed by atoms with Gasteiger partial charge in [0.2, 0.25) is 0 Å². The van der Waals surface area contributed by atoms with E-state index in [1.54, 1.807) is 12.1 Å². The lowest BCUT2D eigenvalue weighted by Crippen LogP contribution is -2.42. The molecule has 3 nitrogen and oxygen atoms in total. The molecule has 1 atom stereocenters. The smallest absolute Gasteiger partial charge is 0.192 e. The van der Waals surface area contributed by atoms with Crippen LogP contribution in [0.3, 0.4) is 0 Å². The van der Waals surface area contributed by atoms with Gasteiger partial charge in [0.25, 0.3) is 0 Å². The molecule has 1 unspecified atom stereocenters. The fourth-order valence-corrected chi connectivity index (χ4v) is 3.31. The van der Waals surface area contributed by atoms with Gasteiger partial charge in [-0.3, -0.25) is 4.99 Å². The number of guanidine groups is 1. The second-order valence-corrected chi connectivity index (χ2v) is 5.64. The second-order valence-electron chi connectivity index (χ2n) is 5.23. The Morgan fingerprint density at radius 3 is 2.74 bits per heavy atom. The molecule has 2 N–H and O–H groups in total. The highest BCUT2D eigenvalue weighted by Crippen LogP contribution is 2.35. The van der Waals surface area contributed by atoms with Crippen LogP contribution in [0.25, 0.3) is 0 Å². The van der Waals surface area contributed by atoms with Crippen molar-refractivity contribution in [3.05, 3.63) is 34.6 Å². The molecule has 0 spiro atoms. The maximum Gasteiger partial charge on any atom is 0.192 e. The van der Waals surface area contributed by atoms with Crippen molar-refractivity contribution < 1.29 is 4.39 Å². The van der Waals surface area contributed by atoms with Crippen LogP contribution in [-0.2, 0) is 0 Å². The number of aliphatic imine (C=N–C) groups is 1. The third-order valence-corrected chi connectivity index (χ3v) is 4.36. The fourth-order valence-electron chi connectivity index (χ4n) is 3.12. The van der Waals surface area contributed by atoms with Crippen LogP contribution >= 0.6 is 11.6 Å². The van der Waals surface area contributed by atoms with Crippen LogP contribution in [0, 0.1) is 5.82 Å². The summed E-state index contributed by atoms with van der Waals surface area (Å²) in [5, 5.41) is 0.161. The molecule has 2 aliphatic rings. The lowest BCUT2D eigenvalue weighted by Gasteiger charge is -2.32. The minimum atomic E-state index is -0.385. The third kappa shape index (κ3) is 2.29. The summed E-state index contributed by atoms with van der Waals surface area (Å²) in [6, 6.07) is 5.44. The van der Waals surface area contributed by atoms with E-state index in [0.717, 1.165) is 18.4 Å². The Morgan fingerprint density at radius 1 is 1.32 bits per heavy atom. The van der Waals surface area contributed by atoms with E-state index in [1.165, 1.54) is 18.9 Å². The number of hydrogen-bond donors (Lipinski definition) is 1. The first-order valence-corrected chi connectivity index (χ1v) is 7.08. The normalized spacial score (nSPS) is 24.0. The van der Waals surface area contributed by atoms with E-state index in [1.807, 2.05) is 0 Å². The predicted molar refractivity (Wildman–Crippen MR) is 74.7 cm³/mol. The van der Waals surface area contributed by atoms with Crippen LogP contribution in [0.4, 0.5) is 4.39 Å². The third-order valence-electron chi connectivity index (χ3n) is 4.07. The number of hydrogen-bond acceptors (Lipinski definition) is 3. The Hall–Kier alpha value is -1.29. The molecular weight excluding hydrogens is 265 g/mol. The summed E-state index contributed by atoms with van der Waals surface area (Å²) in [4.78, 5) is 6.55. The monoisotopic (exact) mass is 281 g/mol. The standard InChI is InChI=1S/C14H17ClFN3/c15-11-7-9(5-6-12(11)16)13-8-18-14(17)19(13)10-3-1-2-4-10/h5-7,10,13H,1-4,8H2,(H2,17,18). The minimum Gasteiger partial charge on any atom is -0.370 e. The molecule has 1 aromatic carbocycles. The highest BCUT2D eigenvalue weighted by atomic mass is 35.5. The van der Waals surface area contributed by atoms with Crippen LogP contribution in [-0.4, -0.2) is 23.4 Å². The van der Waals surface area contributed by atoms with Crippen LogP contribution < -0.4 is 5.73 Å². The van der Waals surface area contributed by atoms with Gasteiger partial charge < -0.3 is 10.6 Å². The Kier molecular flexibility index (Phi) is 3.35. The summed E-state index contributed by atoms with van der Waals surface area (Å²) in [6.45, 7) is 0.629. The van der Waals surface area contributed by atoms with Crippen molar-refractivity contribution >= 4 is 17.6 Å². The van der Waals surface area contributed by atoms with Crippen LogP contribution in [0.2, 0.25) is 5.02 Å². The van der Waals surface area contributed by atoms with Gasteiger partial charge in [0.15, 0.2) is 5.96 Å². The largest absolute Gasteiger partial charge is 0.370 e. The van der Waals surface area contributed by atoms with Crippen molar-refractivity contribution in [3.8, 4) is 0 Å². The molecule has 1 fully saturated rings. The molecule has 1 heterocycles. The molecule has 0 bridgehead atoms. The molecule has 0 aromatic heterocycles. The maximum absolute atomic E-state index is 13.3. The number of nitrogens with two attached hydrogens (primary N) is 1. The van der Waals surface area contributed by atoms with Gasteiger partial charge in [-0.1, -0.05) is 30.5 Å². The lowest BCUT2D eigenvalue weighted by atomic mass is 10.0. The molecule has 3 rings (SSSR count). The van der Waals surface area contributed by atoms with E-state index in [2.05, 4.69) is 9.89 Å². The Balaban J connectivity index is 1.88. The summed E-state index contributed by atoms with van der Waals surface area (Å²) >= 11 is 5.87. The van der Waals surface area contributed by atoms with Gasteiger partial charge in [0.1, 0.15) is 5.82 Å². The Morgan fingerprint density at radius 2 is 2.05 bits per heavy atom.